The van der Waals surface area contributed by atoms with E-state index in [2.05, 4.69) is 24.8 Å². The molecule has 0 radical (unpaired) electrons. The van der Waals surface area contributed by atoms with Crippen LogP contribution in [0.3, 0.4) is 0 Å². The number of likely N-dealkylation sites (tertiary alicyclic amines) is 1. The average molecular weight is 328 g/mol. The van der Waals surface area contributed by atoms with E-state index in [0.717, 1.165) is 37.5 Å². The van der Waals surface area contributed by atoms with Crippen LogP contribution < -0.4 is 0 Å². The minimum atomic E-state index is -0.663. The van der Waals surface area contributed by atoms with Crippen LogP contribution in [0.2, 0.25) is 5.02 Å². The fourth-order valence-corrected chi connectivity index (χ4v) is 3.89. The van der Waals surface area contributed by atoms with Crippen molar-refractivity contribution >= 4 is 29.3 Å². The molecule has 1 heterocycles. The molecular weight excluding hydrogens is 306 g/mol. The molecule has 1 aliphatic heterocycles. The smallest absolute Gasteiger partial charge is 0.306 e. The van der Waals surface area contributed by atoms with E-state index in [-0.39, 0.29) is 5.92 Å². The number of aliphatic carboxylic acids is 1. The molecule has 3 nitrogen and oxygen atoms in total. The van der Waals surface area contributed by atoms with Crippen LogP contribution in [0, 0.1) is 5.92 Å². The van der Waals surface area contributed by atoms with Gasteiger partial charge in [0.25, 0.3) is 0 Å². The Hall–Kier alpha value is -0.710. The molecular formula is C16H22ClNO2S. The zero-order chi connectivity index (χ0) is 15.4. The van der Waals surface area contributed by atoms with E-state index in [9.17, 15) is 4.79 Å². The molecule has 1 saturated heterocycles. The molecule has 1 aromatic rings. The van der Waals surface area contributed by atoms with Gasteiger partial charge in [0.15, 0.2) is 0 Å². The van der Waals surface area contributed by atoms with Crippen molar-refractivity contribution < 1.29 is 9.90 Å². The van der Waals surface area contributed by atoms with Crippen LogP contribution in [0.25, 0.3) is 0 Å². The molecule has 1 fully saturated rings. The number of hydrogen-bond donors (Lipinski definition) is 1. The van der Waals surface area contributed by atoms with Gasteiger partial charge >= 0.3 is 5.97 Å². The van der Waals surface area contributed by atoms with Gasteiger partial charge in [0, 0.05) is 21.7 Å². The molecule has 0 aliphatic carbocycles. The first kappa shape index (κ1) is 16.7. The number of thioether (sulfide) groups is 1. The zero-order valence-electron chi connectivity index (χ0n) is 12.5. The number of hydrogen-bond acceptors (Lipinski definition) is 3. The zero-order valence-corrected chi connectivity index (χ0v) is 14.1. The normalized spacial score (nSPS) is 17.3. The Labute approximate surface area is 135 Å². The Kier molecular flexibility index (Phi) is 5.97. The first-order chi connectivity index (χ1) is 9.97. The molecule has 1 aliphatic rings. The summed E-state index contributed by atoms with van der Waals surface area (Å²) in [4.78, 5) is 14.6. The molecule has 0 aromatic heterocycles. The standard InChI is InChI=1S/C16H22ClNO2S/c1-11(2)21-15-5-3-4-14(17)13(15)10-18-8-6-12(7-9-18)16(19)20/h3-5,11-12H,6-10H2,1-2H3,(H,19,20). The monoisotopic (exact) mass is 327 g/mol. The first-order valence-corrected chi connectivity index (χ1v) is 8.62. The Morgan fingerprint density at radius 2 is 2.10 bits per heavy atom. The summed E-state index contributed by atoms with van der Waals surface area (Å²) in [5.74, 6) is -0.847. The van der Waals surface area contributed by atoms with E-state index in [1.165, 1.54) is 10.5 Å². The molecule has 0 spiro atoms. The van der Waals surface area contributed by atoms with Crippen LogP contribution in [0.15, 0.2) is 23.1 Å². The highest BCUT2D eigenvalue weighted by molar-refractivity contribution is 8.00. The van der Waals surface area contributed by atoms with E-state index in [0.29, 0.717) is 5.25 Å². The highest BCUT2D eigenvalue weighted by Gasteiger charge is 2.25. The van der Waals surface area contributed by atoms with Crippen molar-refractivity contribution in [2.45, 2.75) is 43.4 Å². The molecule has 0 bridgehead atoms. The summed E-state index contributed by atoms with van der Waals surface area (Å²) in [5.41, 5.74) is 1.17. The second-order valence-corrected chi connectivity index (χ2v) is 7.80. The van der Waals surface area contributed by atoms with Gasteiger partial charge in [-0.3, -0.25) is 9.69 Å². The molecule has 5 heteroatoms. The van der Waals surface area contributed by atoms with Gasteiger partial charge in [-0.1, -0.05) is 31.5 Å². The summed E-state index contributed by atoms with van der Waals surface area (Å²) < 4.78 is 0. The van der Waals surface area contributed by atoms with Crippen LogP contribution in [0.4, 0.5) is 0 Å². The third kappa shape index (κ3) is 4.63. The molecule has 0 saturated carbocycles. The van der Waals surface area contributed by atoms with Crippen molar-refractivity contribution in [2.75, 3.05) is 13.1 Å². The van der Waals surface area contributed by atoms with Crippen LogP contribution in [0.1, 0.15) is 32.3 Å². The van der Waals surface area contributed by atoms with Crippen LogP contribution in [-0.2, 0) is 11.3 Å². The van der Waals surface area contributed by atoms with Crippen molar-refractivity contribution in [2.24, 2.45) is 5.92 Å². The van der Waals surface area contributed by atoms with Crippen molar-refractivity contribution in [1.82, 2.24) is 4.90 Å². The third-order valence-corrected chi connectivity index (χ3v) is 5.22. The molecule has 2 rings (SSSR count). The summed E-state index contributed by atoms with van der Waals surface area (Å²) in [6, 6.07) is 6.05. The van der Waals surface area contributed by atoms with Crippen LogP contribution in [0.5, 0.6) is 0 Å². The largest absolute Gasteiger partial charge is 0.481 e. The van der Waals surface area contributed by atoms with E-state index in [1.54, 1.807) is 0 Å². The maximum Gasteiger partial charge on any atom is 0.306 e. The molecule has 116 valence electrons. The molecule has 21 heavy (non-hydrogen) atoms. The average Bonchev–Trinajstić information content (AvgIpc) is 2.42. The lowest BCUT2D eigenvalue weighted by Crippen LogP contribution is -2.36. The molecule has 0 amide bonds. The predicted molar refractivity (Wildman–Crippen MR) is 88.1 cm³/mol. The summed E-state index contributed by atoms with van der Waals surface area (Å²) in [7, 11) is 0. The van der Waals surface area contributed by atoms with E-state index < -0.39 is 5.97 Å². The molecule has 1 aromatic carbocycles. The number of nitrogens with zero attached hydrogens (tertiary/aromatic N) is 1. The van der Waals surface area contributed by atoms with Gasteiger partial charge in [0.2, 0.25) is 0 Å². The Morgan fingerprint density at radius 3 is 2.67 bits per heavy atom. The number of benzene rings is 1. The van der Waals surface area contributed by atoms with E-state index in [4.69, 9.17) is 16.7 Å². The minimum absolute atomic E-state index is 0.183. The Bertz CT molecular complexity index is 499. The van der Waals surface area contributed by atoms with Gasteiger partial charge in [0.05, 0.1) is 5.92 Å². The maximum absolute atomic E-state index is 11.0. The van der Waals surface area contributed by atoms with Crippen molar-refractivity contribution in [3.05, 3.63) is 28.8 Å². The lowest BCUT2D eigenvalue weighted by molar-refractivity contribution is -0.143. The maximum atomic E-state index is 11.0. The second-order valence-electron chi connectivity index (χ2n) is 5.77. The van der Waals surface area contributed by atoms with Crippen LogP contribution in [-0.4, -0.2) is 34.3 Å². The number of piperidine rings is 1. The first-order valence-electron chi connectivity index (χ1n) is 7.36. The highest BCUT2D eigenvalue weighted by Crippen LogP contribution is 2.33. The predicted octanol–water partition coefficient (Wildman–Crippen LogP) is 4.14. The van der Waals surface area contributed by atoms with Crippen molar-refractivity contribution in [3.8, 4) is 0 Å². The van der Waals surface area contributed by atoms with Gasteiger partial charge < -0.3 is 5.11 Å². The van der Waals surface area contributed by atoms with Crippen LogP contribution >= 0.6 is 23.4 Å². The summed E-state index contributed by atoms with van der Waals surface area (Å²) >= 11 is 8.21. The third-order valence-electron chi connectivity index (χ3n) is 3.76. The minimum Gasteiger partial charge on any atom is -0.481 e. The number of carboxylic acid groups (broad SMARTS) is 1. The lowest BCUT2D eigenvalue weighted by Gasteiger charge is -2.30. The molecule has 0 unspecified atom stereocenters. The van der Waals surface area contributed by atoms with Gasteiger partial charge in [0.1, 0.15) is 0 Å². The molecule has 0 atom stereocenters. The number of rotatable bonds is 5. The van der Waals surface area contributed by atoms with Crippen molar-refractivity contribution in [3.63, 3.8) is 0 Å². The fraction of sp³-hybridized carbons (Fsp3) is 0.562. The van der Waals surface area contributed by atoms with E-state index >= 15 is 0 Å². The van der Waals surface area contributed by atoms with Crippen molar-refractivity contribution in [1.29, 1.82) is 0 Å². The van der Waals surface area contributed by atoms with Gasteiger partial charge in [-0.25, -0.2) is 0 Å². The fourth-order valence-electron chi connectivity index (χ4n) is 2.62. The summed E-state index contributed by atoms with van der Waals surface area (Å²) in [5, 5.41) is 10.4. The topological polar surface area (TPSA) is 40.5 Å². The number of carbonyl (C=O) groups is 1. The lowest BCUT2D eigenvalue weighted by atomic mass is 9.97. The Morgan fingerprint density at radius 1 is 1.43 bits per heavy atom. The second kappa shape index (κ2) is 7.52. The van der Waals surface area contributed by atoms with Gasteiger partial charge in [-0.2, -0.15) is 0 Å². The Balaban J connectivity index is 2.04. The van der Waals surface area contributed by atoms with Gasteiger partial charge in [-0.15, -0.1) is 11.8 Å². The summed E-state index contributed by atoms with van der Waals surface area (Å²) in [6.07, 6.45) is 1.46. The quantitative estimate of drug-likeness (QED) is 0.825. The SMILES string of the molecule is CC(C)Sc1cccc(Cl)c1CN1CCC(C(=O)O)CC1. The molecule has 1 N–H and O–H groups in total. The highest BCUT2D eigenvalue weighted by atomic mass is 35.5. The van der Waals surface area contributed by atoms with E-state index in [1.807, 2.05) is 23.9 Å². The number of carboxylic acids is 1. The van der Waals surface area contributed by atoms with Gasteiger partial charge in [-0.05, 0) is 43.6 Å². The summed E-state index contributed by atoms with van der Waals surface area (Å²) in [6.45, 7) is 6.81. The number of halogens is 1.